The van der Waals surface area contributed by atoms with Crippen LogP contribution in [0.5, 0.6) is 0 Å². The van der Waals surface area contributed by atoms with Gasteiger partial charge in [-0.3, -0.25) is 14.7 Å². The second-order valence-corrected chi connectivity index (χ2v) is 11.1. The molecule has 4 rings (SSSR count). The van der Waals surface area contributed by atoms with Gasteiger partial charge in [0.2, 0.25) is 15.9 Å². The van der Waals surface area contributed by atoms with Crippen LogP contribution < -0.4 is 5.32 Å². The Bertz CT molecular complexity index is 1000. The number of fused-ring (bicyclic) bond motifs is 1. The predicted octanol–water partition coefficient (Wildman–Crippen LogP) is 2.79. The van der Waals surface area contributed by atoms with Crippen LogP contribution in [0.4, 0.5) is 0 Å². The molecule has 3 heterocycles. The number of aromatic nitrogens is 1. The predicted molar refractivity (Wildman–Crippen MR) is 129 cm³/mol. The van der Waals surface area contributed by atoms with Gasteiger partial charge in [-0.25, -0.2) is 12.7 Å². The van der Waals surface area contributed by atoms with Crippen LogP contribution in [0.15, 0.2) is 54.9 Å². The van der Waals surface area contributed by atoms with Gasteiger partial charge in [0.1, 0.15) is 0 Å². The van der Waals surface area contributed by atoms with Gasteiger partial charge in [-0.05, 0) is 49.1 Å². The van der Waals surface area contributed by atoms with Gasteiger partial charge in [-0.15, -0.1) is 0 Å². The van der Waals surface area contributed by atoms with Crippen molar-refractivity contribution in [2.24, 2.45) is 5.92 Å². The number of piperidine rings is 1. The molecule has 1 aromatic carbocycles. The average Bonchev–Trinajstić information content (AvgIpc) is 2.86. The lowest BCUT2D eigenvalue weighted by atomic mass is 9.90. The van der Waals surface area contributed by atoms with E-state index < -0.39 is 10.0 Å². The van der Waals surface area contributed by atoms with Gasteiger partial charge in [0.05, 0.1) is 11.7 Å². The van der Waals surface area contributed by atoms with E-state index >= 15 is 0 Å². The highest BCUT2D eigenvalue weighted by atomic mass is 32.2. The van der Waals surface area contributed by atoms with Crippen LogP contribution in [0, 0.1) is 5.92 Å². The number of rotatable bonds is 5. The van der Waals surface area contributed by atoms with Crippen molar-refractivity contribution in [3.05, 3.63) is 66.0 Å². The second kappa shape index (κ2) is 11.2. The van der Waals surface area contributed by atoms with Gasteiger partial charge >= 0.3 is 0 Å². The van der Waals surface area contributed by atoms with Gasteiger partial charge in [-0.1, -0.05) is 43.2 Å². The molecule has 2 aromatic rings. The van der Waals surface area contributed by atoms with E-state index in [1.165, 1.54) is 0 Å². The van der Waals surface area contributed by atoms with Crippen LogP contribution in [0.2, 0.25) is 0 Å². The largest absolute Gasteiger partial charge is 0.356 e. The van der Waals surface area contributed by atoms with Crippen molar-refractivity contribution >= 4 is 15.9 Å². The molecular formula is C25H34N4O3S. The fraction of sp³-hybridized carbons (Fsp3) is 0.520. The Morgan fingerprint density at radius 3 is 2.48 bits per heavy atom. The van der Waals surface area contributed by atoms with Crippen molar-refractivity contribution in [2.45, 2.75) is 50.4 Å². The zero-order valence-electron chi connectivity index (χ0n) is 19.1. The quantitative estimate of drug-likeness (QED) is 0.727. The minimum absolute atomic E-state index is 0.0121. The molecule has 0 unspecified atom stereocenters. The zero-order chi connectivity index (χ0) is 23.1. The maximum atomic E-state index is 13.3. The molecule has 1 amide bonds. The van der Waals surface area contributed by atoms with E-state index in [0.29, 0.717) is 32.6 Å². The summed E-state index contributed by atoms with van der Waals surface area (Å²) in [5.41, 5.74) is 1.91. The minimum Gasteiger partial charge on any atom is -0.356 e. The van der Waals surface area contributed by atoms with Crippen molar-refractivity contribution in [3.8, 4) is 0 Å². The third-order valence-corrected chi connectivity index (χ3v) is 8.56. The Morgan fingerprint density at radius 1 is 0.939 bits per heavy atom. The molecule has 2 saturated heterocycles. The molecule has 1 aromatic heterocycles. The molecule has 8 heteroatoms. The molecule has 7 nitrogen and oxygen atoms in total. The van der Waals surface area contributed by atoms with Crippen molar-refractivity contribution in [1.29, 1.82) is 0 Å². The van der Waals surface area contributed by atoms with Gasteiger partial charge in [0, 0.05) is 44.6 Å². The fourth-order valence-corrected chi connectivity index (χ4v) is 6.49. The summed E-state index contributed by atoms with van der Waals surface area (Å²) in [7, 11) is -3.48. The van der Waals surface area contributed by atoms with E-state index in [-0.39, 0.29) is 23.6 Å². The SMILES string of the molecule is O=C1NCCCCCCN(Cc2ccncc2)[C@@H]2CN(S(=O)(=O)Cc3ccccc3)CC[C@@H]12. The molecule has 0 radical (unpaired) electrons. The van der Waals surface area contributed by atoms with E-state index in [0.717, 1.165) is 43.4 Å². The first-order valence-electron chi connectivity index (χ1n) is 12.0. The van der Waals surface area contributed by atoms with Gasteiger partial charge in [0.15, 0.2) is 0 Å². The van der Waals surface area contributed by atoms with Crippen LogP contribution in [0.3, 0.4) is 0 Å². The van der Waals surface area contributed by atoms with E-state index in [9.17, 15) is 13.2 Å². The van der Waals surface area contributed by atoms with Crippen LogP contribution in [-0.4, -0.2) is 60.7 Å². The number of carbonyl (C=O) groups excluding carboxylic acids is 1. The molecule has 2 atom stereocenters. The number of benzene rings is 1. The number of nitrogens with one attached hydrogen (secondary N) is 1. The molecule has 178 valence electrons. The molecular weight excluding hydrogens is 436 g/mol. The van der Waals surface area contributed by atoms with E-state index in [2.05, 4.69) is 15.2 Å². The molecule has 2 aliphatic rings. The highest BCUT2D eigenvalue weighted by Gasteiger charge is 2.41. The second-order valence-electron chi connectivity index (χ2n) is 9.09. The maximum Gasteiger partial charge on any atom is 0.224 e. The molecule has 0 saturated carbocycles. The third-order valence-electron chi connectivity index (χ3n) is 6.74. The van der Waals surface area contributed by atoms with E-state index in [1.807, 2.05) is 42.5 Å². The average molecular weight is 471 g/mol. The molecule has 2 fully saturated rings. The van der Waals surface area contributed by atoms with Crippen molar-refractivity contribution < 1.29 is 13.2 Å². The van der Waals surface area contributed by atoms with Gasteiger partial charge < -0.3 is 5.32 Å². The Kier molecular flexibility index (Phi) is 8.11. The van der Waals surface area contributed by atoms with Crippen molar-refractivity contribution in [2.75, 3.05) is 26.2 Å². The normalized spacial score (nSPS) is 23.8. The topological polar surface area (TPSA) is 82.6 Å². The Balaban J connectivity index is 1.59. The Hall–Kier alpha value is -2.29. The third kappa shape index (κ3) is 6.40. The zero-order valence-corrected chi connectivity index (χ0v) is 19.9. The number of carbonyl (C=O) groups is 1. The van der Waals surface area contributed by atoms with Crippen LogP contribution in [0.1, 0.15) is 43.2 Å². The first kappa shape index (κ1) is 23.9. The highest BCUT2D eigenvalue weighted by molar-refractivity contribution is 7.88. The van der Waals surface area contributed by atoms with E-state index in [1.54, 1.807) is 16.7 Å². The standard InChI is InChI=1S/C25H34N4O3S/c30-25-23-12-17-29(33(31,32)20-22-8-4-3-5-9-22)19-24(23)28(16-7-2-1-6-13-27-25)18-21-10-14-26-15-11-21/h3-5,8-11,14-15,23-24H,1-2,6-7,12-13,16-20H2,(H,27,30)/t23-,24-/m1/s1. The van der Waals surface area contributed by atoms with Crippen LogP contribution >= 0.6 is 0 Å². The smallest absolute Gasteiger partial charge is 0.224 e. The van der Waals surface area contributed by atoms with Crippen LogP contribution in [0.25, 0.3) is 0 Å². The van der Waals surface area contributed by atoms with Crippen molar-refractivity contribution in [3.63, 3.8) is 0 Å². The van der Waals surface area contributed by atoms with Crippen LogP contribution in [-0.2, 0) is 27.1 Å². The number of hydrogen-bond acceptors (Lipinski definition) is 5. The Labute approximate surface area is 197 Å². The molecule has 0 aliphatic carbocycles. The molecule has 2 aliphatic heterocycles. The number of sulfonamides is 1. The number of amides is 1. The lowest BCUT2D eigenvalue weighted by Gasteiger charge is -2.43. The Morgan fingerprint density at radius 2 is 1.70 bits per heavy atom. The summed E-state index contributed by atoms with van der Waals surface area (Å²) in [4.78, 5) is 19.6. The summed E-state index contributed by atoms with van der Waals surface area (Å²) in [6.45, 7) is 2.96. The first-order chi connectivity index (χ1) is 16.0. The fourth-order valence-electron chi connectivity index (χ4n) is 4.93. The highest BCUT2D eigenvalue weighted by Crippen LogP contribution is 2.28. The summed E-state index contributed by atoms with van der Waals surface area (Å²) in [6.07, 6.45) is 8.33. The van der Waals surface area contributed by atoms with Crippen molar-refractivity contribution in [1.82, 2.24) is 19.5 Å². The maximum absolute atomic E-state index is 13.3. The monoisotopic (exact) mass is 470 g/mol. The molecule has 1 N–H and O–H groups in total. The number of hydrogen-bond donors (Lipinski definition) is 1. The summed E-state index contributed by atoms with van der Waals surface area (Å²) >= 11 is 0. The lowest BCUT2D eigenvalue weighted by molar-refractivity contribution is -0.129. The molecule has 0 bridgehead atoms. The lowest BCUT2D eigenvalue weighted by Crippen LogP contribution is -2.57. The molecule has 0 spiro atoms. The summed E-state index contributed by atoms with van der Waals surface area (Å²) in [5.74, 6) is -0.170. The summed E-state index contributed by atoms with van der Waals surface area (Å²) < 4.78 is 28.2. The van der Waals surface area contributed by atoms with Gasteiger partial charge in [-0.2, -0.15) is 0 Å². The summed E-state index contributed by atoms with van der Waals surface area (Å²) in [6, 6.07) is 13.1. The number of pyridine rings is 1. The summed E-state index contributed by atoms with van der Waals surface area (Å²) in [5, 5.41) is 3.11. The molecule has 33 heavy (non-hydrogen) atoms. The minimum atomic E-state index is -3.48. The van der Waals surface area contributed by atoms with E-state index in [4.69, 9.17) is 0 Å². The van der Waals surface area contributed by atoms with Gasteiger partial charge in [0.25, 0.3) is 0 Å². The number of nitrogens with zero attached hydrogens (tertiary/aromatic N) is 3. The first-order valence-corrected chi connectivity index (χ1v) is 13.6.